The number of carbonyl (C=O) groups is 2. The zero-order chi connectivity index (χ0) is 13.7. The Labute approximate surface area is 109 Å². The quantitative estimate of drug-likeness (QED) is 0.880. The van der Waals surface area contributed by atoms with Gasteiger partial charge in [0.25, 0.3) is 0 Å². The number of benzene rings is 1. The second-order valence-corrected chi connectivity index (χ2v) is 4.13. The normalized spacial score (nSPS) is 9.78. The first-order chi connectivity index (χ1) is 8.40. The molecular weight excluding hydrogens is 261 g/mol. The van der Waals surface area contributed by atoms with Gasteiger partial charge in [0.1, 0.15) is 5.82 Å². The summed E-state index contributed by atoms with van der Waals surface area (Å²) < 4.78 is 13.1. The van der Waals surface area contributed by atoms with Crippen molar-refractivity contribution in [3.8, 4) is 0 Å². The average Bonchev–Trinajstić information content (AvgIpc) is 2.30. The molecule has 1 aromatic rings. The molecule has 0 unspecified atom stereocenters. The Kier molecular flexibility index (Phi) is 4.91. The summed E-state index contributed by atoms with van der Waals surface area (Å²) in [6.07, 6.45) is 0. The summed E-state index contributed by atoms with van der Waals surface area (Å²) in [5, 5.41) is 4.71. The molecule has 0 saturated carbocycles. The van der Waals surface area contributed by atoms with Crippen LogP contribution in [0, 0.1) is 5.82 Å². The van der Waals surface area contributed by atoms with E-state index in [0.717, 1.165) is 6.07 Å². The van der Waals surface area contributed by atoms with Gasteiger partial charge in [0.15, 0.2) is 0 Å². The lowest BCUT2D eigenvalue weighted by atomic mass is 10.3. The molecule has 0 aliphatic carbocycles. The molecule has 98 valence electrons. The number of urea groups is 1. The van der Waals surface area contributed by atoms with E-state index >= 15 is 0 Å². The van der Waals surface area contributed by atoms with Crippen LogP contribution < -0.4 is 10.6 Å². The Morgan fingerprint density at radius 1 is 1.39 bits per heavy atom. The molecular formula is C11H13ClFN3O2. The molecule has 1 rings (SSSR count). The van der Waals surface area contributed by atoms with E-state index in [9.17, 15) is 14.0 Å². The van der Waals surface area contributed by atoms with Crippen LogP contribution in [0.5, 0.6) is 0 Å². The number of halogens is 2. The largest absolute Gasteiger partial charge is 0.347 e. The van der Waals surface area contributed by atoms with E-state index in [-0.39, 0.29) is 23.2 Å². The van der Waals surface area contributed by atoms with Crippen LogP contribution in [0.15, 0.2) is 18.2 Å². The van der Waals surface area contributed by atoms with E-state index in [1.165, 1.54) is 17.0 Å². The van der Waals surface area contributed by atoms with E-state index in [4.69, 9.17) is 11.6 Å². The lowest BCUT2D eigenvalue weighted by Gasteiger charge is -2.11. The number of hydrogen-bond donors (Lipinski definition) is 2. The first kappa shape index (κ1) is 14.2. The second kappa shape index (κ2) is 6.20. The summed E-state index contributed by atoms with van der Waals surface area (Å²) in [5.41, 5.74) is 0.256. The highest BCUT2D eigenvalue weighted by Gasteiger charge is 2.08. The van der Waals surface area contributed by atoms with Gasteiger partial charge in [-0.1, -0.05) is 11.6 Å². The van der Waals surface area contributed by atoms with Gasteiger partial charge in [-0.05, 0) is 18.2 Å². The third-order valence-corrected chi connectivity index (χ3v) is 2.38. The van der Waals surface area contributed by atoms with Crippen molar-refractivity contribution in [1.82, 2.24) is 10.2 Å². The molecule has 1 aromatic carbocycles. The summed E-state index contributed by atoms with van der Waals surface area (Å²) in [5.74, 6) is -0.869. The van der Waals surface area contributed by atoms with Crippen molar-refractivity contribution in [2.75, 3.05) is 26.0 Å². The number of carbonyl (C=O) groups excluding carboxylic acids is 2. The Morgan fingerprint density at radius 2 is 2.06 bits per heavy atom. The number of rotatable bonds is 3. The number of anilines is 1. The highest BCUT2D eigenvalue weighted by atomic mass is 35.5. The zero-order valence-electron chi connectivity index (χ0n) is 9.96. The second-order valence-electron chi connectivity index (χ2n) is 3.72. The molecule has 0 fully saturated rings. The molecule has 3 amide bonds. The summed E-state index contributed by atoms with van der Waals surface area (Å²) in [6.45, 7) is -0.130. The molecule has 0 radical (unpaired) electrons. The summed E-state index contributed by atoms with van der Waals surface area (Å²) in [4.78, 5) is 23.9. The molecule has 5 nitrogen and oxygen atoms in total. The number of likely N-dealkylation sites (N-methyl/N-ethyl adjacent to an activating group) is 1. The molecule has 0 saturated heterocycles. The monoisotopic (exact) mass is 273 g/mol. The van der Waals surface area contributed by atoms with Gasteiger partial charge in [-0.15, -0.1) is 0 Å². The zero-order valence-corrected chi connectivity index (χ0v) is 10.7. The van der Waals surface area contributed by atoms with E-state index in [2.05, 4.69) is 10.6 Å². The SMILES string of the molecule is CN(C)C(=O)CNC(=O)Nc1ccc(Cl)c(F)c1. The van der Waals surface area contributed by atoms with Crippen LogP contribution in [0.2, 0.25) is 5.02 Å². The number of hydrogen-bond acceptors (Lipinski definition) is 2. The Morgan fingerprint density at radius 3 is 2.61 bits per heavy atom. The van der Waals surface area contributed by atoms with Gasteiger partial charge in [0, 0.05) is 19.8 Å². The predicted octanol–water partition coefficient (Wildman–Crippen LogP) is 1.69. The summed E-state index contributed by atoms with van der Waals surface area (Å²) in [7, 11) is 3.16. The van der Waals surface area contributed by atoms with Crippen LogP contribution >= 0.6 is 11.6 Å². The topological polar surface area (TPSA) is 61.4 Å². The molecule has 2 N–H and O–H groups in total. The molecule has 0 spiro atoms. The van der Waals surface area contributed by atoms with E-state index < -0.39 is 11.8 Å². The lowest BCUT2D eigenvalue weighted by Crippen LogP contribution is -2.38. The van der Waals surface area contributed by atoms with Gasteiger partial charge in [-0.3, -0.25) is 4.79 Å². The highest BCUT2D eigenvalue weighted by Crippen LogP contribution is 2.18. The Hall–Kier alpha value is -1.82. The Bertz CT molecular complexity index is 466. The molecule has 0 heterocycles. The van der Waals surface area contributed by atoms with Crippen molar-refractivity contribution < 1.29 is 14.0 Å². The van der Waals surface area contributed by atoms with Crippen LogP contribution in [-0.4, -0.2) is 37.5 Å². The minimum Gasteiger partial charge on any atom is -0.347 e. The van der Waals surface area contributed by atoms with Gasteiger partial charge < -0.3 is 15.5 Å². The maximum atomic E-state index is 13.1. The first-order valence-corrected chi connectivity index (χ1v) is 5.48. The third kappa shape index (κ3) is 4.21. The molecule has 0 aliphatic rings. The maximum absolute atomic E-state index is 13.1. The molecule has 18 heavy (non-hydrogen) atoms. The lowest BCUT2D eigenvalue weighted by molar-refractivity contribution is -0.127. The molecule has 7 heteroatoms. The minimum atomic E-state index is -0.626. The molecule has 0 atom stereocenters. The van der Waals surface area contributed by atoms with Gasteiger partial charge in [-0.25, -0.2) is 9.18 Å². The van der Waals surface area contributed by atoms with Crippen molar-refractivity contribution in [2.24, 2.45) is 0 Å². The van der Waals surface area contributed by atoms with Gasteiger partial charge in [-0.2, -0.15) is 0 Å². The van der Waals surface area contributed by atoms with Crippen molar-refractivity contribution in [1.29, 1.82) is 0 Å². The summed E-state index contributed by atoms with van der Waals surface area (Å²) >= 11 is 5.50. The minimum absolute atomic E-state index is 0.0243. The Balaban J connectivity index is 2.49. The first-order valence-electron chi connectivity index (χ1n) is 5.10. The van der Waals surface area contributed by atoms with Crippen molar-refractivity contribution in [2.45, 2.75) is 0 Å². The standard InChI is InChI=1S/C11H13ClFN3O2/c1-16(2)10(17)6-14-11(18)15-7-3-4-8(12)9(13)5-7/h3-5H,6H2,1-2H3,(H2,14,15,18). The molecule has 0 aliphatic heterocycles. The van der Waals surface area contributed by atoms with E-state index in [1.54, 1.807) is 14.1 Å². The van der Waals surface area contributed by atoms with Crippen LogP contribution in [0.3, 0.4) is 0 Å². The highest BCUT2D eigenvalue weighted by molar-refractivity contribution is 6.30. The van der Waals surface area contributed by atoms with Crippen LogP contribution in [-0.2, 0) is 4.79 Å². The van der Waals surface area contributed by atoms with Crippen LogP contribution in [0.1, 0.15) is 0 Å². The number of amides is 3. The fraction of sp³-hybridized carbons (Fsp3) is 0.273. The van der Waals surface area contributed by atoms with Crippen molar-refractivity contribution >= 4 is 29.2 Å². The fourth-order valence-electron chi connectivity index (χ4n) is 1.06. The average molecular weight is 274 g/mol. The van der Waals surface area contributed by atoms with Gasteiger partial charge in [0.05, 0.1) is 11.6 Å². The molecule has 0 aromatic heterocycles. The van der Waals surface area contributed by atoms with Crippen molar-refractivity contribution in [3.05, 3.63) is 29.0 Å². The number of nitrogens with one attached hydrogen (secondary N) is 2. The maximum Gasteiger partial charge on any atom is 0.319 e. The summed E-state index contributed by atoms with van der Waals surface area (Å²) in [6, 6.07) is 3.29. The van der Waals surface area contributed by atoms with Gasteiger partial charge >= 0.3 is 6.03 Å². The van der Waals surface area contributed by atoms with E-state index in [0.29, 0.717) is 0 Å². The molecule has 0 bridgehead atoms. The smallest absolute Gasteiger partial charge is 0.319 e. The van der Waals surface area contributed by atoms with E-state index in [1.807, 2.05) is 0 Å². The van der Waals surface area contributed by atoms with Crippen LogP contribution in [0.25, 0.3) is 0 Å². The third-order valence-electron chi connectivity index (χ3n) is 2.08. The number of nitrogens with zero attached hydrogens (tertiary/aromatic N) is 1. The predicted molar refractivity (Wildman–Crippen MR) is 67.1 cm³/mol. The van der Waals surface area contributed by atoms with Gasteiger partial charge in [0.2, 0.25) is 5.91 Å². The van der Waals surface area contributed by atoms with Crippen molar-refractivity contribution in [3.63, 3.8) is 0 Å². The van der Waals surface area contributed by atoms with Crippen LogP contribution in [0.4, 0.5) is 14.9 Å². The fourth-order valence-corrected chi connectivity index (χ4v) is 1.18.